The van der Waals surface area contributed by atoms with Crippen molar-refractivity contribution in [3.8, 4) is 11.5 Å². The summed E-state index contributed by atoms with van der Waals surface area (Å²) >= 11 is 1.00. The molecule has 0 atom stereocenters. The number of methoxy groups -OCH3 is 2. The summed E-state index contributed by atoms with van der Waals surface area (Å²) in [5.74, 6) is -0.172. The van der Waals surface area contributed by atoms with Crippen LogP contribution in [0.2, 0.25) is 0 Å². The van der Waals surface area contributed by atoms with E-state index in [1.54, 1.807) is 55.5 Å². The zero-order valence-corrected chi connectivity index (χ0v) is 19.5. The molecule has 0 radical (unpaired) electrons. The molecule has 0 saturated carbocycles. The van der Waals surface area contributed by atoms with Crippen LogP contribution in [0.4, 0.5) is 10.7 Å². The van der Waals surface area contributed by atoms with Crippen molar-refractivity contribution in [1.82, 2.24) is 0 Å². The van der Waals surface area contributed by atoms with Gasteiger partial charge in [0.05, 0.1) is 31.3 Å². The fourth-order valence-electron chi connectivity index (χ4n) is 3.07. The Bertz CT molecular complexity index is 1150. The number of carbonyl (C=O) groups excluding carboxylic acids is 3. The Kier molecular flexibility index (Phi) is 7.68. The fraction of sp³-hybridized carbons (Fsp3) is 0.208. The molecule has 0 aliphatic rings. The van der Waals surface area contributed by atoms with E-state index in [1.807, 2.05) is 6.92 Å². The van der Waals surface area contributed by atoms with Crippen molar-refractivity contribution in [3.63, 3.8) is 0 Å². The van der Waals surface area contributed by atoms with Gasteiger partial charge in [-0.1, -0.05) is 0 Å². The monoisotopic (exact) mass is 468 g/mol. The third-order valence-electron chi connectivity index (χ3n) is 4.74. The lowest BCUT2D eigenvalue weighted by Gasteiger charge is -2.07. The van der Waals surface area contributed by atoms with Crippen molar-refractivity contribution in [2.75, 3.05) is 31.5 Å². The summed E-state index contributed by atoms with van der Waals surface area (Å²) in [4.78, 5) is 38.4. The SMILES string of the molecule is CCOc1ccc(NC(=O)c2sc(NC(=O)c3ccc(OC)cc3)c(C(=O)OC)c2C)cc1. The van der Waals surface area contributed by atoms with Gasteiger partial charge >= 0.3 is 5.97 Å². The highest BCUT2D eigenvalue weighted by molar-refractivity contribution is 7.19. The van der Waals surface area contributed by atoms with E-state index in [2.05, 4.69) is 10.6 Å². The summed E-state index contributed by atoms with van der Waals surface area (Å²) in [6.07, 6.45) is 0. The Morgan fingerprint density at radius 3 is 2.09 bits per heavy atom. The number of rotatable bonds is 8. The van der Waals surface area contributed by atoms with Crippen molar-refractivity contribution in [3.05, 3.63) is 70.1 Å². The molecular weight excluding hydrogens is 444 g/mol. The maximum absolute atomic E-state index is 12.9. The molecule has 0 saturated heterocycles. The molecule has 3 aromatic rings. The van der Waals surface area contributed by atoms with Crippen molar-refractivity contribution in [1.29, 1.82) is 0 Å². The van der Waals surface area contributed by atoms with Crippen LogP contribution in [-0.2, 0) is 4.74 Å². The first-order chi connectivity index (χ1) is 15.9. The molecule has 2 amide bonds. The van der Waals surface area contributed by atoms with Crippen LogP contribution in [-0.4, -0.2) is 38.6 Å². The Balaban J connectivity index is 1.86. The van der Waals surface area contributed by atoms with E-state index < -0.39 is 17.8 Å². The third kappa shape index (κ3) is 5.50. The quantitative estimate of drug-likeness (QED) is 0.462. The Morgan fingerprint density at radius 2 is 1.52 bits per heavy atom. The van der Waals surface area contributed by atoms with E-state index in [0.717, 1.165) is 11.3 Å². The largest absolute Gasteiger partial charge is 0.497 e. The summed E-state index contributed by atoms with van der Waals surface area (Å²) in [6.45, 7) is 4.07. The van der Waals surface area contributed by atoms with E-state index in [1.165, 1.54) is 14.2 Å². The van der Waals surface area contributed by atoms with Gasteiger partial charge in [-0.15, -0.1) is 11.3 Å². The molecule has 3 rings (SSSR count). The summed E-state index contributed by atoms with van der Waals surface area (Å²) in [7, 11) is 2.78. The molecule has 8 nitrogen and oxygen atoms in total. The molecule has 9 heteroatoms. The minimum atomic E-state index is -0.645. The van der Waals surface area contributed by atoms with Crippen LogP contribution in [0.25, 0.3) is 0 Å². The predicted molar refractivity (Wildman–Crippen MR) is 127 cm³/mol. The second-order valence-corrected chi connectivity index (χ2v) is 7.87. The van der Waals surface area contributed by atoms with Crippen LogP contribution < -0.4 is 20.1 Å². The molecule has 0 spiro atoms. The van der Waals surface area contributed by atoms with Gasteiger partial charge in [0.1, 0.15) is 16.5 Å². The van der Waals surface area contributed by atoms with E-state index in [9.17, 15) is 14.4 Å². The van der Waals surface area contributed by atoms with Gasteiger partial charge < -0.3 is 24.8 Å². The van der Waals surface area contributed by atoms with E-state index in [0.29, 0.717) is 34.9 Å². The summed E-state index contributed by atoms with van der Waals surface area (Å²) < 4.78 is 15.4. The van der Waals surface area contributed by atoms with E-state index >= 15 is 0 Å². The molecule has 0 aliphatic heterocycles. The average molecular weight is 469 g/mol. The summed E-state index contributed by atoms with van der Waals surface area (Å²) in [5, 5.41) is 5.76. The number of esters is 1. The number of thiophene rings is 1. The Morgan fingerprint density at radius 1 is 0.879 bits per heavy atom. The lowest BCUT2D eigenvalue weighted by atomic mass is 10.1. The number of benzene rings is 2. The number of amides is 2. The van der Waals surface area contributed by atoms with Gasteiger partial charge in [0, 0.05) is 11.3 Å². The van der Waals surface area contributed by atoms with Crippen LogP contribution >= 0.6 is 11.3 Å². The van der Waals surface area contributed by atoms with Crippen LogP contribution in [0.1, 0.15) is 42.9 Å². The average Bonchev–Trinajstić information content (AvgIpc) is 3.15. The number of ether oxygens (including phenoxy) is 3. The highest BCUT2D eigenvalue weighted by Crippen LogP contribution is 2.34. The second kappa shape index (κ2) is 10.6. The minimum Gasteiger partial charge on any atom is -0.497 e. The lowest BCUT2D eigenvalue weighted by molar-refractivity contribution is 0.0601. The minimum absolute atomic E-state index is 0.140. The van der Waals surface area contributed by atoms with Crippen LogP contribution in [0, 0.1) is 6.92 Å². The molecule has 0 unspecified atom stereocenters. The van der Waals surface area contributed by atoms with Gasteiger partial charge in [-0.25, -0.2) is 4.79 Å². The fourth-order valence-corrected chi connectivity index (χ4v) is 4.16. The standard InChI is InChI=1S/C24H24N2O6S/c1-5-32-18-12-8-16(9-13-18)25-22(28)20-14(2)19(24(29)31-4)23(33-20)26-21(27)15-6-10-17(30-3)11-7-15/h6-13H,5H2,1-4H3,(H,25,28)(H,26,27). The predicted octanol–water partition coefficient (Wildman–Crippen LogP) is 4.76. The molecular formula is C24H24N2O6S. The van der Waals surface area contributed by atoms with Gasteiger partial charge in [-0.2, -0.15) is 0 Å². The number of anilines is 2. The molecule has 2 N–H and O–H groups in total. The van der Waals surface area contributed by atoms with E-state index in [-0.39, 0.29) is 15.4 Å². The molecule has 1 heterocycles. The number of nitrogens with one attached hydrogen (secondary N) is 2. The molecule has 2 aromatic carbocycles. The van der Waals surface area contributed by atoms with Gasteiger partial charge in [-0.3, -0.25) is 9.59 Å². The Labute approximate surface area is 195 Å². The van der Waals surface area contributed by atoms with Gasteiger partial charge in [-0.05, 0) is 67.9 Å². The molecule has 1 aromatic heterocycles. The van der Waals surface area contributed by atoms with Crippen LogP contribution in [0.5, 0.6) is 11.5 Å². The summed E-state index contributed by atoms with van der Waals surface area (Å²) in [5.41, 5.74) is 1.50. The van der Waals surface area contributed by atoms with Crippen molar-refractivity contribution in [2.24, 2.45) is 0 Å². The normalized spacial score (nSPS) is 10.3. The third-order valence-corrected chi connectivity index (χ3v) is 5.95. The molecule has 0 bridgehead atoms. The maximum atomic E-state index is 12.9. The molecule has 33 heavy (non-hydrogen) atoms. The van der Waals surface area contributed by atoms with Crippen LogP contribution in [0.3, 0.4) is 0 Å². The molecule has 0 fully saturated rings. The molecule has 172 valence electrons. The number of carbonyl (C=O) groups is 3. The Hall–Kier alpha value is -3.85. The second-order valence-electron chi connectivity index (χ2n) is 6.85. The molecule has 0 aliphatic carbocycles. The first-order valence-corrected chi connectivity index (χ1v) is 10.9. The highest BCUT2D eigenvalue weighted by atomic mass is 32.1. The zero-order chi connectivity index (χ0) is 24.0. The number of hydrogen-bond donors (Lipinski definition) is 2. The smallest absolute Gasteiger partial charge is 0.341 e. The maximum Gasteiger partial charge on any atom is 0.341 e. The van der Waals surface area contributed by atoms with Gasteiger partial charge in [0.2, 0.25) is 0 Å². The van der Waals surface area contributed by atoms with Crippen molar-refractivity contribution in [2.45, 2.75) is 13.8 Å². The van der Waals surface area contributed by atoms with Crippen molar-refractivity contribution < 1.29 is 28.6 Å². The van der Waals surface area contributed by atoms with Gasteiger partial charge in [0.25, 0.3) is 11.8 Å². The summed E-state index contributed by atoms with van der Waals surface area (Å²) in [6, 6.07) is 13.5. The topological polar surface area (TPSA) is 103 Å². The van der Waals surface area contributed by atoms with Crippen molar-refractivity contribution >= 4 is 39.8 Å². The van der Waals surface area contributed by atoms with Gasteiger partial charge in [0.15, 0.2) is 0 Å². The first kappa shape index (κ1) is 23.8. The highest BCUT2D eigenvalue weighted by Gasteiger charge is 2.26. The number of hydrogen-bond acceptors (Lipinski definition) is 7. The zero-order valence-electron chi connectivity index (χ0n) is 18.7. The van der Waals surface area contributed by atoms with E-state index in [4.69, 9.17) is 14.2 Å². The lowest BCUT2D eigenvalue weighted by Crippen LogP contribution is -2.14. The van der Waals surface area contributed by atoms with Crippen LogP contribution in [0.15, 0.2) is 48.5 Å². The first-order valence-electron chi connectivity index (χ1n) is 10.1.